The summed E-state index contributed by atoms with van der Waals surface area (Å²) >= 11 is 0. The average molecular weight is 636 g/mol. The van der Waals surface area contributed by atoms with Crippen LogP contribution < -0.4 is 10.6 Å². The van der Waals surface area contributed by atoms with Crippen molar-refractivity contribution in [3.8, 4) is 33.6 Å². The Morgan fingerprint density at radius 1 is 0.870 bits per heavy atom. The van der Waals surface area contributed by atoms with E-state index in [-0.39, 0.29) is 10.5 Å². The zero-order valence-electron chi connectivity index (χ0n) is 24.7. The van der Waals surface area contributed by atoms with Gasteiger partial charge in [-0.05, 0) is 42.0 Å². The number of anilines is 2. The van der Waals surface area contributed by atoms with E-state index >= 15 is 0 Å². The third-order valence-electron chi connectivity index (χ3n) is 8.01. The first-order chi connectivity index (χ1) is 22.2. The number of nitrogens with zero attached hydrogens (tertiary/aromatic N) is 8. The summed E-state index contributed by atoms with van der Waals surface area (Å²) in [6, 6.07) is 19.3. The molecule has 2 aromatic carbocycles. The predicted molar refractivity (Wildman–Crippen MR) is 174 cm³/mol. The summed E-state index contributed by atoms with van der Waals surface area (Å²) in [7, 11) is -2.28. The zero-order chi connectivity index (χ0) is 32.0. The number of aryl methyl sites for hydroxylation is 1. The smallest absolute Gasteiger partial charge is 0.407 e. The molecule has 0 saturated carbocycles. The van der Waals surface area contributed by atoms with Crippen molar-refractivity contribution >= 4 is 38.8 Å². The van der Waals surface area contributed by atoms with Crippen LogP contribution in [-0.2, 0) is 17.1 Å². The van der Waals surface area contributed by atoms with E-state index in [9.17, 15) is 18.3 Å². The second-order valence-electron chi connectivity index (χ2n) is 10.9. The zero-order valence-corrected chi connectivity index (χ0v) is 25.5. The number of hydrogen-bond acceptors (Lipinski definition) is 9. The van der Waals surface area contributed by atoms with Crippen LogP contribution in [0.15, 0.2) is 96.4 Å². The van der Waals surface area contributed by atoms with E-state index in [1.807, 2.05) is 48.5 Å². The minimum Gasteiger partial charge on any atom is -0.465 e. The van der Waals surface area contributed by atoms with Gasteiger partial charge in [0.25, 0.3) is 10.0 Å². The van der Waals surface area contributed by atoms with Gasteiger partial charge in [-0.3, -0.25) is 4.68 Å². The van der Waals surface area contributed by atoms with Gasteiger partial charge in [0, 0.05) is 85.8 Å². The highest BCUT2D eigenvalue weighted by Gasteiger charge is 2.28. The largest absolute Gasteiger partial charge is 0.465 e. The number of hydrogen-bond donors (Lipinski definition) is 2. The standard InChI is InChI=1S/C32H29N9O4S/c1-38-20-27(29(37-38)21-7-9-23(33)10-8-21)25-11-12-34-30-26(25)17-28(41(30)46(44,45)24-5-3-2-4-6-24)22-18-35-31(36-19-22)39-13-15-40(16-14-39)32(42)43/h2-12,17-20H,13-16,33H2,1H3,(H,42,43). The quantitative estimate of drug-likeness (QED) is 0.254. The van der Waals surface area contributed by atoms with Crippen LogP contribution in [0, 0.1) is 0 Å². The summed E-state index contributed by atoms with van der Waals surface area (Å²) < 4.78 is 31.5. The molecule has 1 fully saturated rings. The molecule has 0 atom stereocenters. The highest BCUT2D eigenvalue weighted by molar-refractivity contribution is 7.90. The monoisotopic (exact) mass is 635 g/mol. The van der Waals surface area contributed by atoms with Crippen LogP contribution in [0.2, 0.25) is 0 Å². The molecule has 232 valence electrons. The van der Waals surface area contributed by atoms with Crippen molar-refractivity contribution < 1.29 is 18.3 Å². The third kappa shape index (κ3) is 5.07. The molecule has 6 aromatic rings. The van der Waals surface area contributed by atoms with Crippen LogP contribution in [0.4, 0.5) is 16.4 Å². The maximum absolute atomic E-state index is 14.3. The average Bonchev–Trinajstić information content (AvgIpc) is 3.67. The number of piperazine rings is 1. The molecule has 46 heavy (non-hydrogen) atoms. The molecule has 1 aliphatic rings. The van der Waals surface area contributed by atoms with Crippen molar-refractivity contribution in [1.82, 2.24) is 33.6 Å². The number of nitrogens with two attached hydrogens (primary N) is 1. The molecule has 0 radical (unpaired) electrons. The normalized spacial score (nSPS) is 13.8. The molecule has 5 heterocycles. The van der Waals surface area contributed by atoms with Gasteiger partial charge in [-0.15, -0.1) is 0 Å². The molecule has 1 saturated heterocycles. The summed E-state index contributed by atoms with van der Waals surface area (Å²) in [5.41, 5.74) is 10.8. The molecule has 0 spiro atoms. The summed E-state index contributed by atoms with van der Waals surface area (Å²) in [5, 5.41) is 14.6. The first-order valence-corrected chi connectivity index (χ1v) is 15.9. The summed E-state index contributed by atoms with van der Waals surface area (Å²) in [6.45, 7) is 1.57. The lowest BCUT2D eigenvalue weighted by Gasteiger charge is -2.33. The number of rotatable bonds is 6. The lowest BCUT2D eigenvalue weighted by atomic mass is 10.00. The molecule has 13 nitrogen and oxygen atoms in total. The van der Waals surface area contributed by atoms with Gasteiger partial charge in [0.05, 0.1) is 10.6 Å². The third-order valence-corrected chi connectivity index (χ3v) is 9.73. The van der Waals surface area contributed by atoms with Crippen LogP contribution in [0.5, 0.6) is 0 Å². The topological polar surface area (TPSA) is 165 Å². The van der Waals surface area contributed by atoms with Gasteiger partial charge in [0.1, 0.15) is 5.69 Å². The molecule has 0 unspecified atom stereocenters. The Hall–Kier alpha value is -5.76. The van der Waals surface area contributed by atoms with Gasteiger partial charge in [0.2, 0.25) is 5.95 Å². The van der Waals surface area contributed by atoms with Crippen molar-refractivity contribution in [3.63, 3.8) is 0 Å². The van der Waals surface area contributed by atoms with Crippen molar-refractivity contribution in [2.45, 2.75) is 4.90 Å². The van der Waals surface area contributed by atoms with E-state index in [0.717, 1.165) is 16.7 Å². The highest BCUT2D eigenvalue weighted by Crippen LogP contribution is 2.39. The van der Waals surface area contributed by atoms with Gasteiger partial charge in [0.15, 0.2) is 5.65 Å². The van der Waals surface area contributed by atoms with E-state index < -0.39 is 16.1 Å². The minimum atomic E-state index is -4.11. The van der Waals surface area contributed by atoms with Gasteiger partial charge in [-0.25, -0.2) is 32.1 Å². The van der Waals surface area contributed by atoms with E-state index in [2.05, 4.69) is 15.0 Å². The summed E-state index contributed by atoms with van der Waals surface area (Å²) in [5.74, 6) is 0.435. The number of benzene rings is 2. The SMILES string of the molecule is Cn1cc(-c2ccnc3c2cc(-c2cnc(N4CCN(C(=O)O)CC4)nc2)n3S(=O)(=O)c2ccccc2)c(-c2ccc(N)cc2)n1. The van der Waals surface area contributed by atoms with Crippen LogP contribution in [0.25, 0.3) is 44.7 Å². The fourth-order valence-electron chi connectivity index (χ4n) is 5.71. The summed E-state index contributed by atoms with van der Waals surface area (Å²) in [4.78, 5) is 28.4. The van der Waals surface area contributed by atoms with Gasteiger partial charge in [-0.1, -0.05) is 30.3 Å². The van der Waals surface area contributed by atoms with Crippen LogP contribution in [0.1, 0.15) is 0 Å². The molecular formula is C32H29N9O4S. The second-order valence-corrected chi connectivity index (χ2v) is 12.7. The molecule has 0 bridgehead atoms. The number of pyridine rings is 1. The highest BCUT2D eigenvalue weighted by atomic mass is 32.2. The van der Waals surface area contributed by atoms with Gasteiger partial charge < -0.3 is 20.6 Å². The van der Waals surface area contributed by atoms with Gasteiger partial charge >= 0.3 is 6.09 Å². The van der Waals surface area contributed by atoms with Crippen molar-refractivity contribution in [2.24, 2.45) is 7.05 Å². The predicted octanol–water partition coefficient (Wildman–Crippen LogP) is 4.18. The van der Waals surface area contributed by atoms with E-state index in [1.165, 1.54) is 8.87 Å². The Morgan fingerprint density at radius 2 is 1.57 bits per heavy atom. The molecule has 14 heteroatoms. The van der Waals surface area contributed by atoms with E-state index in [4.69, 9.17) is 10.8 Å². The fraction of sp³-hybridized carbons (Fsp3) is 0.156. The number of aromatic nitrogens is 6. The number of carbonyl (C=O) groups is 1. The Morgan fingerprint density at radius 3 is 2.24 bits per heavy atom. The summed E-state index contributed by atoms with van der Waals surface area (Å²) in [6.07, 6.45) is 5.70. The molecule has 1 aliphatic heterocycles. The number of fused-ring (bicyclic) bond motifs is 1. The van der Waals surface area contributed by atoms with Crippen LogP contribution >= 0.6 is 0 Å². The Balaban J connectivity index is 1.38. The van der Waals surface area contributed by atoms with Crippen LogP contribution in [0.3, 0.4) is 0 Å². The number of nitrogen functional groups attached to an aromatic ring is 1. The maximum atomic E-state index is 14.3. The van der Waals surface area contributed by atoms with Crippen LogP contribution in [-0.4, -0.2) is 79.4 Å². The Kier molecular flexibility index (Phi) is 7.12. The first kappa shape index (κ1) is 29.0. The van der Waals surface area contributed by atoms with E-state index in [1.54, 1.807) is 59.7 Å². The lowest BCUT2D eigenvalue weighted by Crippen LogP contribution is -2.48. The molecule has 1 amide bonds. The lowest BCUT2D eigenvalue weighted by molar-refractivity contribution is 0.142. The van der Waals surface area contributed by atoms with Crippen molar-refractivity contribution in [3.05, 3.63) is 91.5 Å². The fourth-order valence-corrected chi connectivity index (χ4v) is 7.21. The number of amides is 1. The Labute approximate surface area is 264 Å². The van der Waals surface area contributed by atoms with Crippen molar-refractivity contribution in [1.29, 1.82) is 0 Å². The number of carboxylic acid groups (broad SMARTS) is 1. The molecule has 0 aliphatic carbocycles. The molecular weight excluding hydrogens is 606 g/mol. The Bertz CT molecular complexity index is 2170. The van der Waals surface area contributed by atoms with Gasteiger partial charge in [-0.2, -0.15) is 5.10 Å². The molecule has 7 rings (SSSR count). The van der Waals surface area contributed by atoms with Crippen molar-refractivity contribution in [2.75, 3.05) is 36.8 Å². The van der Waals surface area contributed by atoms with E-state index in [0.29, 0.717) is 60.2 Å². The first-order valence-electron chi connectivity index (χ1n) is 14.5. The maximum Gasteiger partial charge on any atom is 0.407 e. The minimum absolute atomic E-state index is 0.110. The second kappa shape index (κ2) is 11.3. The molecule has 3 N–H and O–H groups in total. The molecule has 4 aromatic heterocycles.